The number of hydrogen-bond donors (Lipinski definition) is 0. The minimum absolute atomic E-state index is 0.110. The molecule has 0 amide bonds. The molecule has 25 heavy (non-hydrogen) atoms. The van der Waals surface area contributed by atoms with E-state index in [-0.39, 0.29) is 11.3 Å². The third-order valence-electron chi connectivity index (χ3n) is 4.10. The van der Waals surface area contributed by atoms with Crippen molar-refractivity contribution in [2.75, 3.05) is 14.1 Å². The molecule has 1 aromatic rings. The third kappa shape index (κ3) is 5.81. The molecule has 0 aromatic heterocycles. The predicted octanol–water partition coefficient (Wildman–Crippen LogP) is 4.02. The number of carbonyl (C=O) groups excluding carboxylic acids is 1. The van der Waals surface area contributed by atoms with Crippen molar-refractivity contribution in [1.29, 1.82) is 0 Å². The molecule has 0 radical (unpaired) electrons. The fourth-order valence-electron chi connectivity index (χ4n) is 2.71. The van der Waals surface area contributed by atoms with Crippen molar-refractivity contribution in [3.05, 3.63) is 29.6 Å². The molecule has 0 saturated heterocycles. The highest BCUT2D eigenvalue weighted by atomic mass is 19.1. The van der Waals surface area contributed by atoms with Gasteiger partial charge in [0.15, 0.2) is 5.75 Å². The van der Waals surface area contributed by atoms with Crippen molar-refractivity contribution < 1.29 is 18.8 Å². The summed E-state index contributed by atoms with van der Waals surface area (Å²) in [5.41, 5.74) is 0.201. The van der Waals surface area contributed by atoms with E-state index in [2.05, 4.69) is 24.2 Å². The maximum absolute atomic E-state index is 14.1. The fourth-order valence-corrected chi connectivity index (χ4v) is 2.71. The summed E-state index contributed by atoms with van der Waals surface area (Å²) in [6.45, 7) is 5.21. The largest absolute Gasteiger partial charge is 0.456 e. The van der Waals surface area contributed by atoms with Crippen molar-refractivity contribution in [3.8, 4) is 5.75 Å². The summed E-state index contributed by atoms with van der Waals surface area (Å²) in [5.74, 6) is -1.10. The standard InChI is InChI=1S/C19H27FN2O3/c1-19(2,3)24-18(23)16-11-10-15(12-17(16)20)25-21-13-6-8-14(9-7-13)22(4)5/h10-12,14H,6-9H2,1-5H3. The van der Waals surface area contributed by atoms with E-state index in [0.717, 1.165) is 37.5 Å². The number of ether oxygens (including phenoxy) is 1. The average molecular weight is 350 g/mol. The molecule has 1 aromatic carbocycles. The maximum atomic E-state index is 14.1. The molecule has 0 spiro atoms. The number of halogens is 1. The molecule has 1 saturated carbocycles. The van der Waals surface area contributed by atoms with Gasteiger partial charge in [-0.25, -0.2) is 9.18 Å². The molecule has 5 nitrogen and oxygen atoms in total. The van der Waals surface area contributed by atoms with Crippen LogP contribution in [0.4, 0.5) is 4.39 Å². The van der Waals surface area contributed by atoms with E-state index in [9.17, 15) is 9.18 Å². The fraction of sp³-hybridized carbons (Fsp3) is 0.579. The van der Waals surface area contributed by atoms with Gasteiger partial charge in [0.25, 0.3) is 0 Å². The van der Waals surface area contributed by atoms with Crippen LogP contribution in [0.5, 0.6) is 5.75 Å². The average Bonchev–Trinajstić information content (AvgIpc) is 2.51. The molecule has 1 fully saturated rings. The van der Waals surface area contributed by atoms with E-state index in [0.29, 0.717) is 6.04 Å². The lowest BCUT2D eigenvalue weighted by Crippen LogP contribution is -2.32. The van der Waals surface area contributed by atoms with Gasteiger partial charge in [-0.05, 0) is 72.7 Å². The van der Waals surface area contributed by atoms with E-state index >= 15 is 0 Å². The number of nitrogens with zero attached hydrogens (tertiary/aromatic N) is 2. The Morgan fingerprint density at radius 3 is 2.40 bits per heavy atom. The van der Waals surface area contributed by atoms with E-state index in [1.54, 1.807) is 20.8 Å². The van der Waals surface area contributed by atoms with Crippen LogP contribution in [-0.4, -0.2) is 42.3 Å². The second kappa shape index (κ2) is 7.95. The zero-order chi connectivity index (χ0) is 18.6. The van der Waals surface area contributed by atoms with Crippen LogP contribution >= 0.6 is 0 Å². The van der Waals surface area contributed by atoms with Crippen molar-refractivity contribution in [2.45, 2.75) is 58.1 Å². The summed E-state index contributed by atoms with van der Waals surface area (Å²) in [6, 6.07) is 4.62. The second-order valence-corrected chi connectivity index (χ2v) is 7.59. The quantitative estimate of drug-likeness (QED) is 0.608. The smallest absolute Gasteiger partial charge is 0.341 e. The Balaban J connectivity index is 1.97. The molecule has 138 valence electrons. The topological polar surface area (TPSA) is 51.1 Å². The lowest BCUT2D eigenvalue weighted by Gasteiger charge is -2.28. The Morgan fingerprint density at radius 2 is 1.88 bits per heavy atom. The van der Waals surface area contributed by atoms with Crippen LogP contribution in [0, 0.1) is 5.82 Å². The van der Waals surface area contributed by atoms with Crippen molar-refractivity contribution >= 4 is 11.7 Å². The molecule has 1 aliphatic rings. The number of esters is 1. The lowest BCUT2D eigenvalue weighted by molar-refractivity contribution is 0.00647. The third-order valence-corrected chi connectivity index (χ3v) is 4.10. The summed E-state index contributed by atoms with van der Waals surface area (Å²) < 4.78 is 19.3. The van der Waals surface area contributed by atoms with Crippen LogP contribution in [-0.2, 0) is 4.74 Å². The second-order valence-electron chi connectivity index (χ2n) is 7.59. The summed E-state index contributed by atoms with van der Waals surface area (Å²) in [5, 5.41) is 4.14. The normalized spacial score (nSPS) is 18.2. The van der Waals surface area contributed by atoms with Crippen LogP contribution in [0.3, 0.4) is 0 Å². The van der Waals surface area contributed by atoms with E-state index in [1.165, 1.54) is 12.1 Å². The van der Waals surface area contributed by atoms with Crippen LogP contribution in [0.15, 0.2) is 23.4 Å². The molecule has 0 atom stereocenters. The number of benzene rings is 1. The van der Waals surface area contributed by atoms with Gasteiger partial charge in [0, 0.05) is 12.1 Å². The molecule has 1 aliphatic carbocycles. The van der Waals surface area contributed by atoms with Crippen molar-refractivity contribution in [1.82, 2.24) is 4.90 Å². The summed E-state index contributed by atoms with van der Waals surface area (Å²) in [4.78, 5) is 19.5. The van der Waals surface area contributed by atoms with Gasteiger partial charge >= 0.3 is 5.97 Å². The van der Waals surface area contributed by atoms with Crippen molar-refractivity contribution in [2.24, 2.45) is 5.16 Å². The molecule has 0 unspecified atom stereocenters. The highest BCUT2D eigenvalue weighted by Gasteiger charge is 2.22. The number of oxime groups is 1. The Bertz CT molecular complexity index is 641. The van der Waals surface area contributed by atoms with Gasteiger partial charge in [-0.15, -0.1) is 0 Å². The minimum atomic E-state index is -0.690. The summed E-state index contributed by atoms with van der Waals surface area (Å²) >= 11 is 0. The van der Waals surface area contributed by atoms with Crippen LogP contribution in [0.2, 0.25) is 0 Å². The van der Waals surface area contributed by atoms with Gasteiger partial charge in [-0.1, -0.05) is 5.16 Å². The Hall–Kier alpha value is -1.95. The molecule has 2 rings (SSSR count). The zero-order valence-corrected chi connectivity index (χ0v) is 15.6. The molecule has 0 aliphatic heterocycles. The minimum Gasteiger partial charge on any atom is -0.456 e. The van der Waals surface area contributed by atoms with Gasteiger partial charge in [0.05, 0.1) is 11.3 Å². The van der Waals surface area contributed by atoms with Crippen LogP contribution in [0.1, 0.15) is 56.8 Å². The van der Waals surface area contributed by atoms with Crippen LogP contribution in [0.25, 0.3) is 0 Å². The molecular weight excluding hydrogens is 323 g/mol. The van der Waals surface area contributed by atoms with Gasteiger partial charge < -0.3 is 14.5 Å². The van der Waals surface area contributed by atoms with Crippen molar-refractivity contribution in [3.63, 3.8) is 0 Å². The van der Waals surface area contributed by atoms with Gasteiger partial charge in [0.1, 0.15) is 11.4 Å². The first kappa shape index (κ1) is 19.4. The Kier molecular flexibility index (Phi) is 6.16. The maximum Gasteiger partial charge on any atom is 0.341 e. The number of hydrogen-bond acceptors (Lipinski definition) is 5. The van der Waals surface area contributed by atoms with Crippen LogP contribution < -0.4 is 4.84 Å². The highest BCUT2D eigenvalue weighted by Crippen LogP contribution is 2.22. The summed E-state index contributed by atoms with van der Waals surface area (Å²) in [7, 11) is 4.16. The van der Waals surface area contributed by atoms with Gasteiger partial charge in [-0.2, -0.15) is 0 Å². The molecular formula is C19H27FN2O3. The Morgan fingerprint density at radius 1 is 1.24 bits per heavy atom. The van der Waals surface area contributed by atoms with E-state index in [4.69, 9.17) is 9.57 Å². The molecule has 0 heterocycles. The summed E-state index contributed by atoms with van der Waals surface area (Å²) in [6.07, 6.45) is 3.84. The monoisotopic (exact) mass is 350 g/mol. The first-order valence-corrected chi connectivity index (χ1v) is 8.58. The number of carbonyl (C=O) groups is 1. The molecule has 0 bridgehead atoms. The Labute approximate surface area is 148 Å². The lowest BCUT2D eigenvalue weighted by atomic mass is 9.93. The van der Waals surface area contributed by atoms with Gasteiger partial charge in [-0.3, -0.25) is 0 Å². The van der Waals surface area contributed by atoms with E-state index in [1.807, 2.05) is 0 Å². The first-order valence-electron chi connectivity index (χ1n) is 8.58. The molecule has 0 N–H and O–H groups in total. The predicted molar refractivity (Wildman–Crippen MR) is 95.6 cm³/mol. The van der Waals surface area contributed by atoms with E-state index < -0.39 is 17.4 Å². The zero-order valence-electron chi connectivity index (χ0n) is 15.6. The SMILES string of the molecule is CN(C)C1CCC(=NOc2ccc(C(=O)OC(C)(C)C)c(F)c2)CC1. The highest BCUT2D eigenvalue weighted by molar-refractivity contribution is 5.90. The van der Waals surface area contributed by atoms with Gasteiger partial charge in [0.2, 0.25) is 0 Å². The molecule has 6 heteroatoms. The first-order chi connectivity index (χ1) is 11.7. The number of rotatable bonds is 4.